The Morgan fingerprint density at radius 3 is 2.62 bits per heavy atom. The number of pyridine rings is 1. The molecule has 5 aromatic rings. The van der Waals surface area contributed by atoms with E-state index >= 15 is 0 Å². The lowest BCUT2D eigenvalue weighted by molar-refractivity contribution is 0.0796. The number of carbonyl (C=O) groups is 1. The number of ether oxygens (including phenoxy) is 2. The van der Waals surface area contributed by atoms with E-state index < -0.39 is 0 Å². The summed E-state index contributed by atoms with van der Waals surface area (Å²) >= 11 is 0. The summed E-state index contributed by atoms with van der Waals surface area (Å²) in [4.78, 5) is 19.5. The highest BCUT2D eigenvalue weighted by molar-refractivity contribution is 5.94. The minimum atomic E-state index is -0.0150. The summed E-state index contributed by atoms with van der Waals surface area (Å²) in [6.07, 6.45) is 9.76. The summed E-state index contributed by atoms with van der Waals surface area (Å²) in [5.74, 6) is 1.72. The first kappa shape index (κ1) is 27.6. The standard InChI is InChI=1S/C36H37N3O3/c1-26-13-18-34(42-32-10-3-4-11-32)33(22-26)28-14-16-31(17-15-28)41-25-27-8-7-9-29(23-27)36(40)38(2)21-19-30-24-39-20-6-5-12-35(39)37-30/h5-9,12-18,20,22-24,32H,3-4,10-11,19,21,25H2,1-2H3. The Kier molecular flexibility index (Phi) is 8.22. The SMILES string of the molecule is Cc1ccc(OC2CCCC2)c(-c2ccc(OCc3cccc(C(=O)N(C)CCc4cn5ccccc5n4)c3)cc2)c1. The predicted octanol–water partition coefficient (Wildman–Crippen LogP) is 7.52. The Morgan fingerprint density at radius 1 is 0.976 bits per heavy atom. The first-order valence-corrected chi connectivity index (χ1v) is 14.8. The first-order chi connectivity index (χ1) is 20.5. The Bertz CT molecular complexity index is 1640. The minimum absolute atomic E-state index is 0.0150. The molecular formula is C36H37N3O3. The van der Waals surface area contributed by atoms with Crippen molar-refractivity contribution in [1.29, 1.82) is 0 Å². The predicted molar refractivity (Wildman–Crippen MR) is 166 cm³/mol. The van der Waals surface area contributed by atoms with Gasteiger partial charge in [0.25, 0.3) is 5.91 Å². The fraction of sp³-hybridized carbons (Fsp3) is 0.278. The van der Waals surface area contributed by atoms with Gasteiger partial charge < -0.3 is 18.8 Å². The zero-order valence-electron chi connectivity index (χ0n) is 24.3. The molecule has 1 amide bonds. The molecule has 0 unspecified atom stereocenters. The molecule has 0 aliphatic heterocycles. The van der Waals surface area contributed by atoms with Crippen molar-refractivity contribution in [3.63, 3.8) is 0 Å². The lowest BCUT2D eigenvalue weighted by Crippen LogP contribution is -2.29. The maximum atomic E-state index is 13.1. The van der Waals surface area contributed by atoms with Gasteiger partial charge in [0.15, 0.2) is 0 Å². The number of likely N-dealkylation sites (N-methyl/N-ethyl adjacent to an activating group) is 1. The number of carbonyl (C=O) groups excluding carboxylic acids is 1. The van der Waals surface area contributed by atoms with Crippen LogP contribution in [0.3, 0.4) is 0 Å². The zero-order chi connectivity index (χ0) is 28.9. The van der Waals surface area contributed by atoms with Crippen LogP contribution in [0, 0.1) is 6.92 Å². The molecule has 6 rings (SSSR count). The molecule has 2 aromatic heterocycles. The number of hydrogen-bond acceptors (Lipinski definition) is 4. The summed E-state index contributed by atoms with van der Waals surface area (Å²) in [5, 5.41) is 0. The second-order valence-corrected chi connectivity index (χ2v) is 11.2. The third-order valence-electron chi connectivity index (χ3n) is 7.94. The number of hydrogen-bond donors (Lipinski definition) is 0. The number of aryl methyl sites for hydroxylation is 1. The number of amides is 1. The summed E-state index contributed by atoms with van der Waals surface area (Å²) in [6, 6.07) is 28.2. The van der Waals surface area contributed by atoms with Crippen molar-refractivity contribution >= 4 is 11.6 Å². The van der Waals surface area contributed by atoms with E-state index in [1.807, 2.05) is 78.4 Å². The molecule has 0 saturated heterocycles. The van der Waals surface area contributed by atoms with Gasteiger partial charge in [0.1, 0.15) is 23.8 Å². The molecule has 1 aliphatic rings. The lowest BCUT2D eigenvalue weighted by Gasteiger charge is -2.18. The fourth-order valence-electron chi connectivity index (χ4n) is 5.56. The van der Waals surface area contributed by atoms with Crippen LogP contribution in [0.1, 0.15) is 52.9 Å². The van der Waals surface area contributed by atoms with Crippen molar-refractivity contribution in [1.82, 2.24) is 14.3 Å². The van der Waals surface area contributed by atoms with Gasteiger partial charge in [-0.2, -0.15) is 0 Å². The summed E-state index contributed by atoms with van der Waals surface area (Å²) in [6.45, 7) is 3.08. The average Bonchev–Trinajstić information content (AvgIpc) is 3.69. The van der Waals surface area contributed by atoms with E-state index in [-0.39, 0.29) is 5.91 Å². The monoisotopic (exact) mass is 559 g/mol. The van der Waals surface area contributed by atoms with Crippen LogP contribution in [0.5, 0.6) is 11.5 Å². The van der Waals surface area contributed by atoms with Gasteiger partial charge in [-0.1, -0.05) is 42.0 Å². The molecule has 3 aromatic carbocycles. The van der Waals surface area contributed by atoms with Crippen molar-refractivity contribution in [2.45, 2.75) is 51.7 Å². The van der Waals surface area contributed by atoms with Crippen LogP contribution >= 0.6 is 0 Å². The summed E-state index contributed by atoms with van der Waals surface area (Å²) < 4.78 is 14.5. The van der Waals surface area contributed by atoms with Gasteiger partial charge in [-0.05, 0) is 92.3 Å². The molecule has 1 aliphatic carbocycles. The maximum Gasteiger partial charge on any atom is 0.253 e. The third-order valence-corrected chi connectivity index (χ3v) is 7.94. The van der Waals surface area contributed by atoms with Crippen LogP contribution < -0.4 is 9.47 Å². The fourth-order valence-corrected chi connectivity index (χ4v) is 5.56. The molecule has 0 N–H and O–H groups in total. The van der Waals surface area contributed by atoms with E-state index in [9.17, 15) is 4.79 Å². The summed E-state index contributed by atoms with van der Waals surface area (Å²) in [5.41, 5.74) is 6.91. The smallest absolute Gasteiger partial charge is 0.253 e. The minimum Gasteiger partial charge on any atom is -0.490 e. The van der Waals surface area contributed by atoms with Crippen molar-refractivity contribution in [3.05, 3.63) is 120 Å². The largest absolute Gasteiger partial charge is 0.490 e. The molecule has 6 heteroatoms. The molecule has 0 atom stereocenters. The van der Waals surface area contributed by atoms with Crippen LogP contribution in [-0.4, -0.2) is 39.9 Å². The van der Waals surface area contributed by atoms with Crippen LogP contribution in [0.2, 0.25) is 0 Å². The number of nitrogens with zero attached hydrogens (tertiary/aromatic N) is 3. The number of rotatable bonds is 10. The molecule has 6 nitrogen and oxygen atoms in total. The molecular weight excluding hydrogens is 522 g/mol. The lowest BCUT2D eigenvalue weighted by atomic mass is 10.0. The third kappa shape index (κ3) is 6.49. The van der Waals surface area contributed by atoms with Gasteiger partial charge in [-0.15, -0.1) is 0 Å². The van der Waals surface area contributed by atoms with E-state index in [0.717, 1.165) is 52.4 Å². The van der Waals surface area contributed by atoms with Crippen molar-refractivity contribution in [2.24, 2.45) is 0 Å². The molecule has 1 saturated carbocycles. The Hall–Kier alpha value is -4.58. The van der Waals surface area contributed by atoms with E-state index in [2.05, 4.69) is 42.2 Å². The molecule has 2 heterocycles. The Morgan fingerprint density at radius 2 is 1.81 bits per heavy atom. The normalized spacial score (nSPS) is 13.4. The average molecular weight is 560 g/mol. The molecule has 1 fully saturated rings. The van der Waals surface area contributed by atoms with E-state index in [1.165, 1.54) is 18.4 Å². The van der Waals surface area contributed by atoms with E-state index in [1.54, 1.807) is 4.90 Å². The topological polar surface area (TPSA) is 56.1 Å². The highest BCUT2D eigenvalue weighted by Gasteiger charge is 2.19. The number of benzene rings is 3. The van der Waals surface area contributed by atoms with Gasteiger partial charge in [0.2, 0.25) is 0 Å². The quantitative estimate of drug-likeness (QED) is 0.178. The number of imidazole rings is 1. The number of fused-ring (bicyclic) bond motifs is 1. The maximum absolute atomic E-state index is 13.1. The highest BCUT2D eigenvalue weighted by Crippen LogP contribution is 2.35. The van der Waals surface area contributed by atoms with Crippen molar-refractivity contribution < 1.29 is 14.3 Å². The van der Waals surface area contributed by atoms with Gasteiger partial charge in [0.05, 0.1) is 11.8 Å². The molecule has 42 heavy (non-hydrogen) atoms. The molecule has 0 radical (unpaired) electrons. The van der Waals surface area contributed by atoms with Crippen LogP contribution in [0.25, 0.3) is 16.8 Å². The zero-order valence-corrected chi connectivity index (χ0v) is 24.3. The van der Waals surface area contributed by atoms with E-state index in [4.69, 9.17) is 9.47 Å². The van der Waals surface area contributed by atoms with Gasteiger partial charge >= 0.3 is 0 Å². The molecule has 0 bridgehead atoms. The van der Waals surface area contributed by atoms with Crippen molar-refractivity contribution in [3.8, 4) is 22.6 Å². The Labute approximate surface area is 247 Å². The second-order valence-electron chi connectivity index (χ2n) is 11.2. The van der Waals surface area contributed by atoms with Crippen molar-refractivity contribution in [2.75, 3.05) is 13.6 Å². The Balaban J connectivity index is 1.06. The van der Waals surface area contributed by atoms with Gasteiger partial charge in [-0.25, -0.2) is 4.98 Å². The number of aromatic nitrogens is 2. The van der Waals surface area contributed by atoms with Crippen LogP contribution in [0.4, 0.5) is 0 Å². The second kappa shape index (κ2) is 12.5. The summed E-state index contributed by atoms with van der Waals surface area (Å²) in [7, 11) is 1.83. The molecule has 214 valence electrons. The van der Waals surface area contributed by atoms with Gasteiger partial charge in [-0.3, -0.25) is 4.79 Å². The van der Waals surface area contributed by atoms with Gasteiger partial charge in [0, 0.05) is 43.5 Å². The van der Waals surface area contributed by atoms with Crippen LogP contribution in [0.15, 0.2) is 97.3 Å². The highest BCUT2D eigenvalue weighted by atomic mass is 16.5. The van der Waals surface area contributed by atoms with Crippen LogP contribution in [-0.2, 0) is 13.0 Å². The molecule has 0 spiro atoms. The van der Waals surface area contributed by atoms with E-state index in [0.29, 0.717) is 31.2 Å². The first-order valence-electron chi connectivity index (χ1n) is 14.8.